The standard InChI is InChI=1S/C22H25N3OS/c1-3-4-14-20-21(26)25(16-19-13-9-8-10-17(19)2)22(27-20)24-23-15-18-11-6-5-7-12-18/h5-13,15,20H,3-4,14,16H2,1-2H3/b23-15-,24-22-/t20-/m0/s1. The fourth-order valence-electron chi connectivity index (χ4n) is 2.95. The number of carbonyl (C=O) groups is 1. The van der Waals surface area contributed by atoms with E-state index in [0.29, 0.717) is 11.7 Å². The molecule has 0 radical (unpaired) electrons. The second-order valence-electron chi connectivity index (χ2n) is 6.64. The molecule has 1 saturated heterocycles. The van der Waals surface area contributed by atoms with Gasteiger partial charge in [-0.2, -0.15) is 5.10 Å². The molecule has 0 bridgehead atoms. The van der Waals surface area contributed by atoms with Crippen LogP contribution in [0.3, 0.4) is 0 Å². The molecular formula is C22H25N3OS. The fraction of sp³-hybridized carbons (Fsp3) is 0.318. The summed E-state index contributed by atoms with van der Waals surface area (Å²) in [6.45, 7) is 4.76. The van der Waals surface area contributed by atoms with E-state index in [-0.39, 0.29) is 11.2 Å². The van der Waals surface area contributed by atoms with Crippen LogP contribution in [0.5, 0.6) is 0 Å². The van der Waals surface area contributed by atoms with E-state index in [4.69, 9.17) is 0 Å². The molecule has 5 heteroatoms. The molecule has 1 atom stereocenters. The Hall–Kier alpha value is -2.40. The number of nitrogens with zero attached hydrogens (tertiary/aromatic N) is 3. The molecule has 27 heavy (non-hydrogen) atoms. The molecule has 0 spiro atoms. The van der Waals surface area contributed by atoms with Crippen molar-refractivity contribution in [1.82, 2.24) is 4.90 Å². The average Bonchev–Trinajstić information content (AvgIpc) is 2.98. The van der Waals surface area contributed by atoms with Gasteiger partial charge in [0.2, 0.25) is 5.91 Å². The highest BCUT2D eigenvalue weighted by atomic mass is 32.2. The SMILES string of the molecule is CCCC[C@@H]1S/C(=N\N=C/c2ccccc2)N(Cc2ccccc2C)C1=O. The maximum absolute atomic E-state index is 12.9. The first-order chi connectivity index (χ1) is 13.2. The molecule has 0 saturated carbocycles. The molecule has 1 heterocycles. The van der Waals surface area contributed by atoms with Crippen molar-refractivity contribution in [2.75, 3.05) is 0 Å². The number of amidine groups is 1. The Morgan fingerprint density at radius 1 is 1.11 bits per heavy atom. The number of carbonyl (C=O) groups excluding carboxylic acids is 1. The molecule has 2 aromatic carbocycles. The highest BCUT2D eigenvalue weighted by Crippen LogP contribution is 2.32. The van der Waals surface area contributed by atoms with Crippen LogP contribution in [-0.2, 0) is 11.3 Å². The summed E-state index contributed by atoms with van der Waals surface area (Å²) in [4.78, 5) is 14.7. The molecule has 140 valence electrons. The van der Waals surface area contributed by atoms with Crippen molar-refractivity contribution in [1.29, 1.82) is 0 Å². The molecule has 4 nitrogen and oxygen atoms in total. The van der Waals surface area contributed by atoms with E-state index >= 15 is 0 Å². The van der Waals surface area contributed by atoms with Crippen molar-refractivity contribution < 1.29 is 4.79 Å². The van der Waals surface area contributed by atoms with Crippen molar-refractivity contribution in [3.63, 3.8) is 0 Å². The van der Waals surface area contributed by atoms with Crippen molar-refractivity contribution in [3.05, 3.63) is 71.3 Å². The zero-order valence-corrected chi connectivity index (χ0v) is 16.7. The van der Waals surface area contributed by atoms with E-state index < -0.39 is 0 Å². The molecular weight excluding hydrogens is 354 g/mol. The molecule has 0 N–H and O–H groups in total. The summed E-state index contributed by atoms with van der Waals surface area (Å²) in [5.41, 5.74) is 3.31. The largest absolute Gasteiger partial charge is 0.284 e. The summed E-state index contributed by atoms with van der Waals surface area (Å²) in [6, 6.07) is 18.0. The van der Waals surface area contributed by atoms with Crippen LogP contribution >= 0.6 is 11.8 Å². The predicted octanol–water partition coefficient (Wildman–Crippen LogP) is 5.02. The normalized spacial score (nSPS) is 18.7. The first-order valence-corrected chi connectivity index (χ1v) is 10.3. The average molecular weight is 380 g/mol. The highest BCUT2D eigenvalue weighted by molar-refractivity contribution is 8.15. The lowest BCUT2D eigenvalue weighted by Crippen LogP contribution is -2.31. The summed E-state index contributed by atoms with van der Waals surface area (Å²) >= 11 is 1.54. The van der Waals surface area contributed by atoms with Gasteiger partial charge in [-0.1, -0.05) is 86.1 Å². The Kier molecular flexibility index (Phi) is 6.82. The minimum atomic E-state index is -0.0559. The molecule has 0 aromatic heterocycles. The van der Waals surface area contributed by atoms with Crippen LogP contribution in [0.1, 0.15) is 42.9 Å². The van der Waals surface area contributed by atoms with Gasteiger partial charge in [0.25, 0.3) is 0 Å². The number of rotatable bonds is 7. The van der Waals surface area contributed by atoms with Gasteiger partial charge in [-0.25, -0.2) is 0 Å². The molecule has 0 aliphatic carbocycles. The molecule has 1 fully saturated rings. The van der Waals surface area contributed by atoms with Crippen LogP contribution in [0.2, 0.25) is 0 Å². The monoisotopic (exact) mass is 379 g/mol. The van der Waals surface area contributed by atoms with E-state index in [1.165, 1.54) is 17.3 Å². The lowest BCUT2D eigenvalue weighted by atomic mass is 10.1. The molecule has 1 aliphatic rings. The Morgan fingerprint density at radius 3 is 2.59 bits per heavy atom. The van der Waals surface area contributed by atoms with Crippen LogP contribution in [0.25, 0.3) is 0 Å². The number of unbranched alkanes of at least 4 members (excludes halogenated alkanes) is 1. The molecule has 0 unspecified atom stereocenters. The minimum absolute atomic E-state index is 0.0559. The third kappa shape index (κ3) is 5.07. The maximum atomic E-state index is 12.9. The van der Waals surface area contributed by atoms with Crippen molar-refractivity contribution in [2.24, 2.45) is 10.2 Å². The van der Waals surface area contributed by atoms with Crippen LogP contribution in [-0.4, -0.2) is 27.4 Å². The first kappa shape index (κ1) is 19.4. The van der Waals surface area contributed by atoms with E-state index in [1.54, 1.807) is 11.1 Å². The third-order valence-corrected chi connectivity index (χ3v) is 5.81. The van der Waals surface area contributed by atoms with Crippen molar-refractivity contribution in [2.45, 2.75) is 44.9 Å². The van der Waals surface area contributed by atoms with Gasteiger partial charge in [0.15, 0.2) is 5.17 Å². The molecule has 1 amide bonds. The van der Waals surface area contributed by atoms with Gasteiger partial charge < -0.3 is 0 Å². The summed E-state index contributed by atoms with van der Waals surface area (Å²) in [7, 11) is 0. The zero-order valence-electron chi connectivity index (χ0n) is 15.8. The van der Waals surface area contributed by atoms with Crippen LogP contribution in [0, 0.1) is 6.92 Å². The Bertz CT molecular complexity index is 832. The Balaban J connectivity index is 1.81. The second kappa shape index (κ2) is 9.51. The summed E-state index contributed by atoms with van der Waals surface area (Å²) in [5.74, 6) is 0.144. The summed E-state index contributed by atoms with van der Waals surface area (Å²) in [5, 5.41) is 9.26. The lowest BCUT2D eigenvalue weighted by molar-refractivity contribution is -0.126. The van der Waals surface area contributed by atoms with Gasteiger partial charge in [0, 0.05) is 0 Å². The first-order valence-electron chi connectivity index (χ1n) is 9.37. The number of hydrogen-bond acceptors (Lipinski definition) is 4. The number of thioether (sulfide) groups is 1. The van der Waals surface area contributed by atoms with E-state index in [0.717, 1.165) is 30.4 Å². The van der Waals surface area contributed by atoms with Gasteiger partial charge in [0.1, 0.15) is 0 Å². The number of amides is 1. The van der Waals surface area contributed by atoms with Gasteiger partial charge in [-0.15, -0.1) is 5.10 Å². The minimum Gasteiger partial charge on any atom is -0.284 e. The summed E-state index contributed by atoms with van der Waals surface area (Å²) in [6.07, 6.45) is 4.73. The van der Waals surface area contributed by atoms with Crippen LogP contribution in [0.15, 0.2) is 64.8 Å². The zero-order chi connectivity index (χ0) is 19.1. The van der Waals surface area contributed by atoms with Crippen LogP contribution in [0.4, 0.5) is 0 Å². The number of benzene rings is 2. The fourth-order valence-corrected chi connectivity index (χ4v) is 4.09. The topological polar surface area (TPSA) is 45.0 Å². The van der Waals surface area contributed by atoms with Crippen molar-refractivity contribution >= 4 is 29.1 Å². The molecule has 3 rings (SSSR count). The van der Waals surface area contributed by atoms with E-state index in [2.05, 4.69) is 36.2 Å². The maximum Gasteiger partial charge on any atom is 0.242 e. The number of aryl methyl sites for hydroxylation is 1. The van der Waals surface area contributed by atoms with Gasteiger partial charge in [-0.05, 0) is 30.0 Å². The lowest BCUT2D eigenvalue weighted by Gasteiger charge is -2.17. The predicted molar refractivity (Wildman–Crippen MR) is 114 cm³/mol. The Morgan fingerprint density at radius 2 is 1.85 bits per heavy atom. The molecule has 1 aliphatic heterocycles. The third-order valence-electron chi connectivity index (χ3n) is 4.58. The van der Waals surface area contributed by atoms with E-state index in [1.807, 2.05) is 42.5 Å². The smallest absolute Gasteiger partial charge is 0.242 e. The summed E-state index contributed by atoms with van der Waals surface area (Å²) < 4.78 is 0. The van der Waals surface area contributed by atoms with Gasteiger partial charge >= 0.3 is 0 Å². The molecule has 2 aromatic rings. The van der Waals surface area contributed by atoms with Gasteiger partial charge in [0.05, 0.1) is 18.0 Å². The van der Waals surface area contributed by atoms with Crippen LogP contribution < -0.4 is 0 Å². The van der Waals surface area contributed by atoms with Crippen molar-refractivity contribution in [3.8, 4) is 0 Å². The Labute approximate surface area is 165 Å². The van der Waals surface area contributed by atoms with Gasteiger partial charge in [-0.3, -0.25) is 9.69 Å². The second-order valence-corrected chi connectivity index (χ2v) is 7.81. The number of hydrogen-bond donors (Lipinski definition) is 0. The highest BCUT2D eigenvalue weighted by Gasteiger charge is 2.37. The quantitative estimate of drug-likeness (QED) is 0.501. The van der Waals surface area contributed by atoms with E-state index in [9.17, 15) is 4.79 Å².